The van der Waals surface area contributed by atoms with E-state index in [4.69, 9.17) is 14.2 Å². The molecular formula is C28H43N5O8S. The smallest absolute Gasteiger partial charge is 0.415 e. The Hall–Kier alpha value is -3.36. The summed E-state index contributed by atoms with van der Waals surface area (Å²) in [6.45, 7) is 9.64. The summed E-state index contributed by atoms with van der Waals surface area (Å²) < 4.78 is 16.5. The Morgan fingerprint density at radius 2 is 1.76 bits per heavy atom. The van der Waals surface area contributed by atoms with Gasteiger partial charge in [0.15, 0.2) is 6.10 Å². The third kappa shape index (κ3) is 11.1. The molecule has 0 saturated carbocycles. The number of imide groups is 1. The number of ether oxygens (including phenoxy) is 3. The lowest BCUT2D eigenvalue weighted by atomic mass is 10.1. The molecule has 0 aromatic heterocycles. The van der Waals surface area contributed by atoms with Crippen LogP contribution in [0.2, 0.25) is 0 Å². The van der Waals surface area contributed by atoms with Crippen molar-refractivity contribution < 1.29 is 38.2 Å². The molecule has 5 amide bonds. The first-order valence-corrected chi connectivity index (χ1v) is 15.1. The zero-order valence-corrected chi connectivity index (χ0v) is 25.9. The molecule has 234 valence electrons. The molecule has 1 fully saturated rings. The summed E-state index contributed by atoms with van der Waals surface area (Å²) in [6, 6.07) is 6.54. The maximum Gasteiger partial charge on any atom is 0.415 e. The van der Waals surface area contributed by atoms with Gasteiger partial charge in [-0.15, -0.1) is 11.8 Å². The van der Waals surface area contributed by atoms with Gasteiger partial charge in [0.1, 0.15) is 12.4 Å². The van der Waals surface area contributed by atoms with Crippen molar-refractivity contribution >= 4 is 41.7 Å². The monoisotopic (exact) mass is 609 g/mol. The Bertz CT molecular complexity index is 1050. The summed E-state index contributed by atoms with van der Waals surface area (Å²) >= 11 is 1.32. The van der Waals surface area contributed by atoms with Crippen molar-refractivity contribution in [1.29, 1.82) is 0 Å². The molecule has 0 radical (unpaired) electrons. The van der Waals surface area contributed by atoms with Crippen molar-refractivity contribution in [1.82, 2.24) is 25.3 Å². The summed E-state index contributed by atoms with van der Waals surface area (Å²) in [4.78, 5) is 65.3. The van der Waals surface area contributed by atoms with Crippen LogP contribution in [0.4, 0.5) is 9.59 Å². The lowest BCUT2D eigenvalue weighted by Gasteiger charge is -2.25. The number of hydrogen-bond donors (Lipinski definition) is 2. The first-order chi connectivity index (χ1) is 20.1. The van der Waals surface area contributed by atoms with Gasteiger partial charge in [-0.25, -0.2) is 9.59 Å². The van der Waals surface area contributed by atoms with E-state index in [1.807, 2.05) is 6.92 Å². The van der Waals surface area contributed by atoms with Crippen molar-refractivity contribution in [3.8, 4) is 5.75 Å². The van der Waals surface area contributed by atoms with Crippen LogP contribution in [-0.2, 0) is 23.9 Å². The molecule has 2 rings (SSSR count). The highest BCUT2D eigenvalue weighted by Gasteiger charge is 2.36. The number of carbonyl (C=O) groups is 5. The molecule has 2 unspecified atom stereocenters. The third-order valence-electron chi connectivity index (χ3n) is 6.72. The average Bonchev–Trinajstić information content (AvgIpc) is 3.23. The van der Waals surface area contributed by atoms with Gasteiger partial charge in [-0.05, 0) is 37.7 Å². The Labute approximate surface area is 251 Å². The Balaban J connectivity index is 1.83. The number of benzene rings is 1. The second kappa shape index (κ2) is 18.2. The number of nitrogens with zero attached hydrogens (tertiary/aromatic N) is 3. The predicted octanol–water partition coefficient (Wildman–Crippen LogP) is 1.87. The normalized spacial score (nSPS) is 15.5. The average molecular weight is 610 g/mol. The lowest BCUT2D eigenvalue weighted by molar-refractivity contribution is -0.136. The molecule has 13 nitrogen and oxygen atoms in total. The number of hydrogen-bond acceptors (Lipinski definition) is 10. The van der Waals surface area contributed by atoms with Crippen LogP contribution < -0.4 is 15.4 Å². The fourth-order valence-electron chi connectivity index (χ4n) is 4.04. The standard InChI is InChI=1S/C28H43N5O8S/c1-6-32(7-2)14-15-33(8-3)28(38)40-21-11-9-20(10-12-21)22(41-27(37)29-4)18-39-19-24(34)30-13-16-42-23-17-25(35)31(5)26(23)36/h9-12,22-23H,6-8,13-19H2,1-5H3,(H,29,37)(H,30,34). The number of likely N-dealkylation sites (N-methyl/N-ethyl adjacent to an activating group) is 2. The minimum Gasteiger partial charge on any atom is -0.439 e. The maximum absolute atomic E-state index is 12.7. The van der Waals surface area contributed by atoms with Gasteiger partial charge in [-0.3, -0.25) is 19.3 Å². The largest absolute Gasteiger partial charge is 0.439 e. The second-order valence-electron chi connectivity index (χ2n) is 9.41. The van der Waals surface area contributed by atoms with E-state index in [-0.39, 0.29) is 37.4 Å². The number of likely N-dealkylation sites (tertiary alicyclic amines) is 1. The summed E-state index contributed by atoms with van der Waals surface area (Å²) in [7, 11) is 2.89. The molecule has 14 heteroatoms. The fraction of sp³-hybridized carbons (Fsp3) is 0.607. The SMILES string of the molecule is CCN(CC)CCN(CC)C(=O)Oc1ccc(C(COCC(=O)NCCSC2CC(=O)N(C)C2=O)OC(=O)NC)cc1. The number of carbonyl (C=O) groups excluding carboxylic acids is 5. The van der Waals surface area contributed by atoms with E-state index in [1.165, 1.54) is 25.9 Å². The highest BCUT2D eigenvalue weighted by Crippen LogP contribution is 2.24. The molecule has 1 aromatic rings. The van der Waals surface area contributed by atoms with Gasteiger partial charge < -0.3 is 34.6 Å². The Morgan fingerprint density at radius 3 is 2.33 bits per heavy atom. The van der Waals surface area contributed by atoms with Crippen LogP contribution in [-0.4, -0.2) is 122 Å². The van der Waals surface area contributed by atoms with E-state index < -0.39 is 23.5 Å². The van der Waals surface area contributed by atoms with E-state index >= 15 is 0 Å². The topological polar surface area (TPSA) is 147 Å². The first-order valence-electron chi connectivity index (χ1n) is 14.1. The van der Waals surface area contributed by atoms with E-state index in [0.717, 1.165) is 24.5 Å². The van der Waals surface area contributed by atoms with Gasteiger partial charge in [-0.1, -0.05) is 26.0 Å². The predicted molar refractivity (Wildman–Crippen MR) is 158 cm³/mol. The van der Waals surface area contributed by atoms with Crippen molar-refractivity contribution in [2.75, 3.05) is 72.3 Å². The van der Waals surface area contributed by atoms with Gasteiger partial charge in [-0.2, -0.15) is 0 Å². The highest BCUT2D eigenvalue weighted by atomic mass is 32.2. The lowest BCUT2D eigenvalue weighted by Crippen LogP contribution is -2.40. The molecule has 2 N–H and O–H groups in total. The minimum absolute atomic E-state index is 0.0886. The fourth-order valence-corrected chi connectivity index (χ4v) is 5.10. The summed E-state index contributed by atoms with van der Waals surface area (Å²) in [5, 5.41) is 4.67. The van der Waals surface area contributed by atoms with Gasteiger partial charge in [0, 0.05) is 52.4 Å². The number of amides is 5. The van der Waals surface area contributed by atoms with Crippen LogP contribution in [0.1, 0.15) is 38.9 Å². The molecule has 42 heavy (non-hydrogen) atoms. The molecule has 0 aliphatic carbocycles. The summed E-state index contributed by atoms with van der Waals surface area (Å²) in [5.41, 5.74) is 0.588. The van der Waals surface area contributed by atoms with Crippen LogP contribution >= 0.6 is 11.8 Å². The van der Waals surface area contributed by atoms with Gasteiger partial charge in [0.05, 0.1) is 11.9 Å². The van der Waals surface area contributed by atoms with E-state index in [2.05, 4.69) is 29.4 Å². The molecule has 1 aromatic carbocycles. The van der Waals surface area contributed by atoms with E-state index in [0.29, 0.717) is 36.7 Å². The summed E-state index contributed by atoms with van der Waals surface area (Å²) in [5.74, 6) is 0.0146. The zero-order valence-electron chi connectivity index (χ0n) is 25.1. The molecule has 1 aliphatic heterocycles. The van der Waals surface area contributed by atoms with Crippen molar-refractivity contribution in [3.63, 3.8) is 0 Å². The van der Waals surface area contributed by atoms with Gasteiger partial charge in [0.25, 0.3) is 0 Å². The van der Waals surface area contributed by atoms with Crippen molar-refractivity contribution in [2.45, 2.75) is 38.5 Å². The quantitative estimate of drug-likeness (QED) is 0.198. The van der Waals surface area contributed by atoms with Crippen LogP contribution in [0.3, 0.4) is 0 Å². The summed E-state index contributed by atoms with van der Waals surface area (Å²) in [6.07, 6.45) is -1.76. The molecule has 1 heterocycles. The molecule has 0 bridgehead atoms. The first kappa shape index (κ1) is 34.8. The van der Waals surface area contributed by atoms with Crippen LogP contribution in [0, 0.1) is 0 Å². The van der Waals surface area contributed by atoms with Crippen LogP contribution in [0.25, 0.3) is 0 Å². The third-order valence-corrected chi connectivity index (χ3v) is 7.93. The highest BCUT2D eigenvalue weighted by molar-refractivity contribution is 8.00. The van der Waals surface area contributed by atoms with Gasteiger partial charge >= 0.3 is 12.2 Å². The van der Waals surface area contributed by atoms with E-state index in [1.54, 1.807) is 29.2 Å². The molecule has 2 atom stereocenters. The van der Waals surface area contributed by atoms with Gasteiger partial charge in [0.2, 0.25) is 17.7 Å². The molecule has 0 spiro atoms. The van der Waals surface area contributed by atoms with Crippen LogP contribution in [0.15, 0.2) is 24.3 Å². The Kier molecular flexibility index (Phi) is 15.1. The van der Waals surface area contributed by atoms with E-state index in [9.17, 15) is 24.0 Å². The Morgan fingerprint density at radius 1 is 1.07 bits per heavy atom. The minimum atomic E-state index is -0.817. The molecule has 1 saturated heterocycles. The number of thioether (sulfide) groups is 1. The maximum atomic E-state index is 12.7. The molecular weight excluding hydrogens is 566 g/mol. The van der Waals surface area contributed by atoms with Crippen LogP contribution in [0.5, 0.6) is 5.75 Å². The number of alkyl carbamates (subject to hydrolysis) is 1. The number of rotatable bonds is 17. The number of nitrogens with one attached hydrogen (secondary N) is 2. The zero-order chi connectivity index (χ0) is 31.1. The van der Waals surface area contributed by atoms with Crippen molar-refractivity contribution in [3.05, 3.63) is 29.8 Å². The second-order valence-corrected chi connectivity index (χ2v) is 10.7. The van der Waals surface area contributed by atoms with Crippen molar-refractivity contribution in [2.24, 2.45) is 0 Å². The molecule has 1 aliphatic rings.